The molecule has 1 atom stereocenters. The minimum Gasteiger partial charge on any atom is -0.497 e. The van der Waals surface area contributed by atoms with Gasteiger partial charge in [-0.3, -0.25) is 4.79 Å². The number of amides is 1. The zero-order valence-electron chi connectivity index (χ0n) is 11.6. The fraction of sp³-hybridized carbons (Fsp3) is 0.500. The topological polar surface area (TPSA) is 68.8 Å². The first-order chi connectivity index (χ1) is 9.78. The third kappa shape index (κ3) is 4.80. The quantitative estimate of drug-likeness (QED) is 0.800. The molecule has 1 aromatic rings. The zero-order valence-corrected chi connectivity index (χ0v) is 11.6. The van der Waals surface area contributed by atoms with Crippen LogP contribution in [0.4, 0.5) is 5.69 Å². The first-order valence-corrected chi connectivity index (χ1v) is 6.62. The highest BCUT2D eigenvalue weighted by atomic mass is 16.6. The summed E-state index contributed by atoms with van der Waals surface area (Å²) in [5, 5.41) is 5.86. The Kier molecular flexibility index (Phi) is 5.79. The smallest absolute Gasteiger partial charge is 0.238 e. The average Bonchev–Trinajstić information content (AvgIpc) is 2.48. The maximum absolute atomic E-state index is 11.8. The monoisotopic (exact) mass is 280 g/mol. The molecule has 0 spiro atoms. The molecule has 0 aromatic heterocycles. The largest absolute Gasteiger partial charge is 0.497 e. The molecule has 1 aromatic carbocycles. The van der Waals surface area contributed by atoms with Crippen molar-refractivity contribution >= 4 is 11.6 Å². The minimum absolute atomic E-state index is 0.0216. The van der Waals surface area contributed by atoms with Crippen LogP contribution in [0.1, 0.15) is 0 Å². The van der Waals surface area contributed by atoms with Gasteiger partial charge in [-0.15, -0.1) is 0 Å². The van der Waals surface area contributed by atoms with Crippen molar-refractivity contribution in [1.82, 2.24) is 5.32 Å². The van der Waals surface area contributed by atoms with E-state index in [4.69, 9.17) is 14.2 Å². The van der Waals surface area contributed by atoms with E-state index in [0.717, 1.165) is 0 Å². The zero-order chi connectivity index (χ0) is 14.2. The van der Waals surface area contributed by atoms with Crippen LogP contribution in [0.5, 0.6) is 5.75 Å². The second kappa shape index (κ2) is 7.84. The molecular weight excluding hydrogens is 260 g/mol. The Hall–Kier alpha value is -1.63. The van der Waals surface area contributed by atoms with Crippen LogP contribution in [0.25, 0.3) is 0 Å². The summed E-state index contributed by atoms with van der Waals surface area (Å²) in [6.45, 7) is 2.67. The Bertz CT molecular complexity index is 433. The number of hydrogen-bond donors (Lipinski definition) is 2. The Morgan fingerprint density at radius 2 is 2.35 bits per heavy atom. The van der Waals surface area contributed by atoms with Gasteiger partial charge in [0, 0.05) is 18.3 Å². The Morgan fingerprint density at radius 3 is 3.10 bits per heavy atom. The lowest BCUT2D eigenvalue weighted by Crippen LogP contribution is -2.40. The van der Waals surface area contributed by atoms with Gasteiger partial charge in [0.05, 0.1) is 39.6 Å². The van der Waals surface area contributed by atoms with Crippen LogP contribution in [0.2, 0.25) is 0 Å². The number of methoxy groups -OCH3 is 1. The first-order valence-electron chi connectivity index (χ1n) is 6.62. The van der Waals surface area contributed by atoms with E-state index in [9.17, 15) is 4.79 Å². The van der Waals surface area contributed by atoms with E-state index in [0.29, 0.717) is 37.8 Å². The summed E-state index contributed by atoms with van der Waals surface area (Å²) < 4.78 is 15.9. The van der Waals surface area contributed by atoms with Crippen molar-refractivity contribution in [2.75, 3.05) is 45.3 Å². The Morgan fingerprint density at radius 1 is 1.45 bits per heavy atom. The van der Waals surface area contributed by atoms with Crippen LogP contribution >= 0.6 is 0 Å². The van der Waals surface area contributed by atoms with Crippen molar-refractivity contribution in [2.45, 2.75) is 6.10 Å². The molecule has 1 aliphatic rings. The SMILES string of the molecule is COc1cccc(NC(=O)CNCC2COCCO2)c1. The molecule has 1 fully saturated rings. The number of ether oxygens (including phenoxy) is 3. The molecule has 2 rings (SSSR count). The number of hydrogen-bond acceptors (Lipinski definition) is 5. The summed E-state index contributed by atoms with van der Waals surface area (Å²) in [6, 6.07) is 7.25. The molecule has 1 unspecified atom stereocenters. The van der Waals surface area contributed by atoms with E-state index in [1.165, 1.54) is 0 Å². The van der Waals surface area contributed by atoms with Crippen molar-refractivity contribution in [1.29, 1.82) is 0 Å². The van der Waals surface area contributed by atoms with Gasteiger partial charge in [-0.25, -0.2) is 0 Å². The molecular formula is C14H20N2O4. The molecule has 0 aliphatic carbocycles. The molecule has 0 radical (unpaired) electrons. The molecule has 0 saturated carbocycles. The number of benzene rings is 1. The predicted molar refractivity (Wildman–Crippen MR) is 75.1 cm³/mol. The van der Waals surface area contributed by atoms with Crippen LogP contribution in [0.15, 0.2) is 24.3 Å². The third-order valence-electron chi connectivity index (χ3n) is 2.90. The normalized spacial score (nSPS) is 18.6. The van der Waals surface area contributed by atoms with Crippen LogP contribution < -0.4 is 15.4 Å². The van der Waals surface area contributed by atoms with E-state index >= 15 is 0 Å². The van der Waals surface area contributed by atoms with Gasteiger partial charge in [-0.05, 0) is 12.1 Å². The molecule has 1 saturated heterocycles. The molecule has 6 heteroatoms. The number of rotatable bonds is 6. The van der Waals surface area contributed by atoms with E-state index < -0.39 is 0 Å². The highest BCUT2D eigenvalue weighted by molar-refractivity contribution is 5.92. The standard InChI is InChI=1S/C14H20N2O4/c1-18-12-4-2-3-11(7-12)16-14(17)9-15-8-13-10-19-5-6-20-13/h2-4,7,13,15H,5-6,8-10H2,1H3,(H,16,17). The lowest BCUT2D eigenvalue weighted by atomic mass is 10.3. The molecule has 1 heterocycles. The summed E-state index contributed by atoms with van der Waals surface area (Å²) in [5.41, 5.74) is 0.716. The lowest BCUT2D eigenvalue weighted by Gasteiger charge is -2.23. The van der Waals surface area contributed by atoms with E-state index in [2.05, 4.69) is 10.6 Å². The molecule has 110 valence electrons. The molecule has 1 aliphatic heterocycles. The number of anilines is 1. The van der Waals surface area contributed by atoms with Crippen molar-refractivity contribution in [2.24, 2.45) is 0 Å². The first kappa shape index (κ1) is 14.8. The molecule has 2 N–H and O–H groups in total. The molecule has 20 heavy (non-hydrogen) atoms. The van der Waals surface area contributed by atoms with Crippen molar-refractivity contribution < 1.29 is 19.0 Å². The third-order valence-corrected chi connectivity index (χ3v) is 2.90. The van der Waals surface area contributed by atoms with Gasteiger partial charge < -0.3 is 24.8 Å². The lowest BCUT2D eigenvalue weighted by molar-refractivity contribution is -0.116. The Labute approximate surface area is 118 Å². The van der Waals surface area contributed by atoms with Crippen LogP contribution in [-0.4, -0.2) is 52.0 Å². The average molecular weight is 280 g/mol. The predicted octanol–water partition coefficient (Wildman–Crippen LogP) is 0.639. The van der Waals surface area contributed by atoms with Crippen LogP contribution in [-0.2, 0) is 14.3 Å². The second-order valence-corrected chi connectivity index (χ2v) is 4.48. The fourth-order valence-electron chi connectivity index (χ4n) is 1.91. The van der Waals surface area contributed by atoms with Gasteiger partial charge in [0.2, 0.25) is 5.91 Å². The van der Waals surface area contributed by atoms with Gasteiger partial charge in [-0.2, -0.15) is 0 Å². The molecule has 1 amide bonds. The highest BCUT2D eigenvalue weighted by Crippen LogP contribution is 2.16. The maximum Gasteiger partial charge on any atom is 0.238 e. The summed E-state index contributed by atoms with van der Waals surface area (Å²) in [5.74, 6) is 0.610. The van der Waals surface area contributed by atoms with Gasteiger partial charge in [0.15, 0.2) is 0 Å². The van der Waals surface area contributed by atoms with Crippen molar-refractivity contribution in [3.63, 3.8) is 0 Å². The summed E-state index contributed by atoms with van der Waals surface area (Å²) in [4.78, 5) is 11.8. The minimum atomic E-state index is -0.102. The van der Waals surface area contributed by atoms with Gasteiger partial charge >= 0.3 is 0 Å². The molecule has 0 bridgehead atoms. The van der Waals surface area contributed by atoms with Crippen LogP contribution in [0, 0.1) is 0 Å². The number of nitrogens with one attached hydrogen (secondary N) is 2. The van der Waals surface area contributed by atoms with E-state index in [1.807, 2.05) is 18.2 Å². The summed E-state index contributed by atoms with van der Waals surface area (Å²) in [6.07, 6.45) is 0.0216. The highest BCUT2D eigenvalue weighted by Gasteiger charge is 2.14. The van der Waals surface area contributed by atoms with E-state index in [-0.39, 0.29) is 18.6 Å². The summed E-state index contributed by atoms with van der Waals surface area (Å²) >= 11 is 0. The van der Waals surface area contributed by atoms with Crippen molar-refractivity contribution in [3.8, 4) is 5.75 Å². The fourth-order valence-corrected chi connectivity index (χ4v) is 1.91. The number of carbonyl (C=O) groups excluding carboxylic acids is 1. The second-order valence-electron chi connectivity index (χ2n) is 4.48. The van der Waals surface area contributed by atoms with Crippen LogP contribution in [0.3, 0.4) is 0 Å². The van der Waals surface area contributed by atoms with E-state index in [1.54, 1.807) is 13.2 Å². The summed E-state index contributed by atoms with van der Waals surface area (Å²) in [7, 11) is 1.59. The maximum atomic E-state index is 11.8. The van der Waals surface area contributed by atoms with Gasteiger partial charge in [-0.1, -0.05) is 6.07 Å². The van der Waals surface area contributed by atoms with Crippen molar-refractivity contribution in [3.05, 3.63) is 24.3 Å². The van der Waals surface area contributed by atoms with Gasteiger partial charge in [0.25, 0.3) is 0 Å². The molecule has 6 nitrogen and oxygen atoms in total. The van der Waals surface area contributed by atoms with Gasteiger partial charge in [0.1, 0.15) is 5.75 Å². The Balaban J connectivity index is 1.69. The number of carbonyl (C=O) groups is 1.